The molecule has 9 heteroatoms. The van der Waals surface area contributed by atoms with Crippen molar-refractivity contribution >= 4 is 45.6 Å². The van der Waals surface area contributed by atoms with Crippen molar-refractivity contribution in [3.63, 3.8) is 0 Å². The molecular weight excluding hydrogens is 350 g/mol. The number of nitro groups is 1. The van der Waals surface area contributed by atoms with Crippen LogP contribution >= 0.6 is 24.0 Å². The highest BCUT2D eigenvalue weighted by Gasteiger charge is 2.22. The molecule has 130 valence electrons. The van der Waals surface area contributed by atoms with Gasteiger partial charge < -0.3 is 15.0 Å². The molecule has 1 aliphatic heterocycles. The zero-order chi connectivity index (χ0) is 17.7. The van der Waals surface area contributed by atoms with Crippen molar-refractivity contribution in [3.05, 3.63) is 28.3 Å². The first kappa shape index (κ1) is 18.5. The average molecular weight is 369 g/mol. The van der Waals surface area contributed by atoms with E-state index in [0.29, 0.717) is 5.69 Å². The Bertz CT molecular complexity index is 648. The van der Waals surface area contributed by atoms with Crippen LogP contribution in [0.1, 0.15) is 19.8 Å². The summed E-state index contributed by atoms with van der Waals surface area (Å²) in [5, 5.41) is 13.2. The number of non-ortho nitro benzene ring substituents is 1. The monoisotopic (exact) mass is 369 g/mol. The number of likely N-dealkylation sites (tertiary alicyclic amines) is 1. The largest absolute Gasteiger partial charge is 0.494 e. The number of hydrogen-bond acceptors (Lipinski definition) is 6. The molecule has 24 heavy (non-hydrogen) atoms. The van der Waals surface area contributed by atoms with Crippen LogP contribution in [0.2, 0.25) is 0 Å². The number of carbonyl (C=O) groups is 1. The van der Waals surface area contributed by atoms with Crippen LogP contribution in [-0.4, -0.2) is 45.5 Å². The van der Waals surface area contributed by atoms with Gasteiger partial charge in [0.25, 0.3) is 5.69 Å². The zero-order valence-electron chi connectivity index (χ0n) is 13.5. The van der Waals surface area contributed by atoms with Gasteiger partial charge in [0.1, 0.15) is 10.1 Å². The van der Waals surface area contributed by atoms with Crippen molar-refractivity contribution in [2.45, 2.75) is 25.0 Å². The summed E-state index contributed by atoms with van der Waals surface area (Å²) in [6.45, 7) is 3.66. The molecule has 1 aromatic rings. The molecule has 2 rings (SSSR count). The molecule has 1 saturated heterocycles. The highest BCUT2D eigenvalue weighted by molar-refractivity contribution is 8.23. The van der Waals surface area contributed by atoms with Gasteiger partial charge in [-0.2, -0.15) is 0 Å². The number of thioether (sulfide) groups is 1. The minimum atomic E-state index is -0.513. The number of amides is 1. The van der Waals surface area contributed by atoms with Crippen molar-refractivity contribution in [1.29, 1.82) is 0 Å². The van der Waals surface area contributed by atoms with Gasteiger partial charge in [0.2, 0.25) is 5.91 Å². The molecule has 1 fully saturated rings. The number of nitro benzene ring substituents is 1. The Morgan fingerprint density at radius 3 is 2.71 bits per heavy atom. The van der Waals surface area contributed by atoms with Crippen LogP contribution in [0, 0.1) is 10.1 Å². The molecule has 1 amide bonds. The number of nitrogens with one attached hydrogen (secondary N) is 1. The lowest BCUT2D eigenvalue weighted by Gasteiger charge is -2.20. The standard InChI is InChI=1S/C15H19N3O4S2/c1-10(24-15(23)17-7-3-4-8-17)14(19)16-12-6-5-11(18(20)21)9-13(12)22-2/h5-6,9-10H,3-4,7-8H2,1-2H3,(H,16,19)/t10-/m1/s1. The lowest BCUT2D eigenvalue weighted by molar-refractivity contribution is -0.384. The molecule has 0 bridgehead atoms. The van der Waals surface area contributed by atoms with Crippen LogP contribution in [0.25, 0.3) is 0 Å². The second-order valence-electron chi connectivity index (χ2n) is 5.35. The predicted octanol–water partition coefficient (Wildman–Crippen LogP) is 3.04. The molecule has 1 N–H and O–H groups in total. The fourth-order valence-electron chi connectivity index (χ4n) is 2.31. The summed E-state index contributed by atoms with van der Waals surface area (Å²) >= 11 is 6.72. The molecule has 0 unspecified atom stereocenters. The molecule has 0 saturated carbocycles. The Hall–Kier alpha value is -1.87. The zero-order valence-corrected chi connectivity index (χ0v) is 15.1. The minimum absolute atomic E-state index is 0.0949. The van der Waals surface area contributed by atoms with E-state index < -0.39 is 4.92 Å². The molecular formula is C15H19N3O4S2. The Balaban J connectivity index is 2.00. The number of benzene rings is 1. The SMILES string of the molecule is COc1cc([N+](=O)[O-])ccc1NC(=O)[C@@H](C)SC(=S)N1CCCC1. The Morgan fingerprint density at radius 2 is 2.12 bits per heavy atom. The van der Waals surface area contributed by atoms with Crippen LogP contribution in [0.3, 0.4) is 0 Å². The molecule has 1 atom stereocenters. The maximum Gasteiger partial charge on any atom is 0.273 e. The number of nitrogens with zero attached hydrogens (tertiary/aromatic N) is 2. The van der Waals surface area contributed by atoms with Crippen molar-refractivity contribution in [1.82, 2.24) is 4.90 Å². The number of hydrogen-bond donors (Lipinski definition) is 1. The van der Waals surface area contributed by atoms with Crippen LogP contribution in [0.15, 0.2) is 18.2 Å². The van der Waals surface area contributed by atoms with E-state index in [1.54, 1.807) is 6.92 Å². The van der Waals surface area contributed by atoms with Gasteiger partial charge in [-0.3, -0.25) is 14.9 Å². The Labute approximate surface area is 149 Å². The van der Waals surface area contributed by atoms with E-state index in [-0.39, 0.29) is 22.6 Å². The summed E-state index contributed by atoms with van der Waals surface area (Å²) in [6, 6.07) is 4.07. The fraction of sp³-hybridized carbons (Fsp3) is 0.467. The summed E-state index contributed by atoms with van der Waals surface area (Å²) in [5.41, 5.74) is 0.301. The minimum Gasteiger partial charge on any atom is -0.494 e. The summed E-state index contributed by atoms with van der Waals surface area (Å²) < 4.78 is 5.85. The maximum atomic E-state index is 12.4. The molecule has 0 radical (unpaired) electrons. The third-order valence-electron chi connectivity index (χ3n) is 3.66. The Morgan fingerprint density at radius 1 is 1.46 bits per heavy atom. The van der Waals surface area contributed by atoms with Crippen LogP contribution in [0.5, 0.6) is 5.75 Å². The van der Waals surface area contributed by atoms with E-state index in [4.69, 9.17) is 17.0 Å². The first-order chi connectivity index (χ1) is 11.4. The van der Waals surface area contributed by atoms with Gasteiger partial charge >= 0.3 is 0 Å². The van der Waals surface area contributed by atoms with Crippen molar-refractivity contribution in [2.24, 2.45) is 0 Å². The van der Waals surface area contributed by atoms with Crippen LogP contribution < -0.4 is 10.1 Å². The molecule has 7 nitrogen and oxygen atoms in total. The van der Waals surface area contributed by atoms with E-state index in [0.717, 1.165) is 30.3 Å². The van der Waals surface area contributed by atoms with Crippen LogP contribution in [0.4, 0.5) is 11.4 Å². The van der Waals surface area contributed by atoms with Crippen molar-refractivity contribution in [3.8, 4) is 5.75 Å². The Kier molecular flexibility index (Phi) is 6.38. The van der Waals surface area contributed by atoms with E-state index in [9.17, 15) is 14.9 Å². The molecule has 0 aliphatic carbocycles. The van der Waals surface area contributed by atoms with E-state index >= 15 is 0 Å². The van der Waals surface area contributed by atoms with Gasteiger partial charge in [-0.05, 0) is 25.8 Å². The average Bonchev–Trinajstić information content (AvgIpc) is 3.09. The number of ether oxygens (including phenoxy) is 1. The first-order valence-corrected chi connectivity index (χ1v) is 8.80. The first-order valence-electron chi connectivity index (χ1n) is 7.51. The van der Waals surface area contributed by atoms with E-state index in [2.05, 4.69) is 10.2 Å². The van der Waals surface area contributed by atoms with Gasteiger partial charge in [-0.1, -0.05) is 24.0 Å². The smallest absolute Gasteiger partial charge is 0.273 e. The number of carbonyl (C=O) groups excluding carboxylic acids is 1. The summed E-state index contributed by atoms with van der Waals surface area (Å²) in [6.07, 6.45) is 2.25. The molecule has 0 aromatic heterocycles. The molecule has 1 aliphatic rings. The second kappa shape index (κ2) is 8.29. The van der Waals surface area contributed by atoms with Crippen molar-refractivity contribution in [2.75, 3.05) is 25.5 Å². The highest BCUT2D eigenvalue weighted by atomic mass is 32.2. The topological polar surface area (TPSA) is 84.7 Å². The quantitative estimate of drug-likeness (QED) is 0.485. The second-order valence-corrected chi connectivity index (χ2v) is 7.33. The van der Waals surface area contributed by atoms with Gasteiger partial charge in [0, 0.05) is 19.2 Å². The van der Waals surface area contributed by atoms with E-state index in [1.165, 1.54) is 37.1 Å². The predicted molar refractivity (Wildman–Crippen MR) is 98.7 cm³/mol. The molecule has 1 aromatic carbocycles. The lowest BCUT2D eigenvalue weighted by Crippen LogP contribution is -2.29. The normalized spacial score (nSPS) is 15.0. The molecule has 1 heterocycles. The number of methoxy groups -OCH3 is 1. The van der Waals surface area contributed by atoms with Gasteiger partial charge in [-0.25, -0.2) is 0 Å². The molecule has 0 spiro atoms. The number of anilines is 1. The lowest BCUT2D eigenvalue weighted by atomic mass is 10.2. The van der Waals surface area contributed by atoms with Gasteiger partial charge in [-0.15, -0.1) is 0 Å². The summed E-state index contributed by atoms with van der Waals surface area (Å²) in [4.78, 5) is 24.7. The third-order valence-corrected chi connectivity index (χ3v) is 5.24. The number of thiocarbonyl (C=S) groups is 1. The third kappa shape index (κ3) is 4.57. The van der Waals surface area contributed by atoms with Crippen LogP contribution in [-0.2, 0) is 4.79 Å². The fourth-order valence-corrected chi connectivity index (χ4v) is 3.73. The van der Waals surface area contributed by atoms with Crippen molar-refractivity contribution < 1.29 is 14.5 Å². The highest BCUT2D eigenvalue weighted by Crippen LogP contribution is 2.30. The summed E-state index contributed by atoms with van der Waals surface area (Å²) in [7, 11) is 1.40. The van der Waals surface area contributed by atoms with Gasteiger partial charge in [0.05, 0.1) is 29.0 Å². The summed E-state index contributed by atoms with van der Waals surface area (Å²) in [5.74, 6) is 0.0190. The van der Waals surface area contributed by atoms with E-state index in [1.807, 2.05) is 0 Å². The number of rotatable bonds is 5. The maximum absolute atomic E-state index is 12.4. The van der Waals surface area contributed by atoms with Gasteiger partial charge in [0.15, 0.2) is 0 Å².